The molecule has 0 saturated carbocycles. The zero-order valence-corrected chi connectivity index (χ0v) is 12.3. The van der Waals surface area contributed by atoms with Crippen LogP contribution >= 0.6 is 22.6 Å². The van der Waals surface area contributed by atoms with Crippen LogP contribution in [0.5, 0.6) is 0 Å². The first-order valence-electron chi connectivity index (χ1n) is 4.94. The van der Waals surface area contributed by atoms with Crippen LogP contribution in [-0.2, 0) is 10.0 Å². The molecule has 0 spiro atoms. The van der Waals surface area contributed by atoms with Gasteiger partial charge in [0.2, 0.25) is 10.0 Å². The number of rotatable bonds is 3. The Kier molecular flexibility index (Phi) is 3.25. The molecule has 0 saturated heterocycles. The standard InChI is InChI=1S/C9H11IN4O2S/c1-3-17(15,16)13-8-4-7(10)5-14-6(2)11-12-9(8)14/h4-5,13H,3H2,1-2H3. The summed E-state index contributed by atoms with van der Waals surface area (Å²) in [6.45, 7) is 3.40. The van der Waals surface area contributed by atoms with Crippen molar-refractivity contribution in [1.29, 1.82) is 0 Å². The van der Waals surface area contributed by atoms with Crippen LogP contribution in [0, 0.1) is 10.5 Å². The molecule has 0 amide bonds. The van der Waals surface area contributed by atoms with E-state index >= 15 is 0 Å². The van der Waals surface area contributed by atoms with Crippen LogP contribution < -0.4 is 4.72 Å². The van der Waals surface area contributed by atoms with Gasteiger partial charge in [-0.25, -0.2) is 8.42 Å². The highest BCUT2D eigenvalue weighted by molar-refractivity contribution is 14.1. The summed E-state index contributed by atoms with van der Waals surface area (Å²) >= 11 is 2.12. The molecule has 0 aliphatic heterocycles. The minimum Gasteiger partial charge on any atom is -0.284 e. The van der Waals surface area contributed by atoms with Gasteiger partial charge in [-0.15, -0.1) is 10.2 Å². The van der Waals surface area contributed by atoms with Gasteiger partial charge < -0.3 is 0 Å². The highest BCUT2D eigenvalue weighted by Gasteiger charge is 2.13. The monoisotopic (exact) mass is 366 g/mol. The van der Waals surface area contributed by atoms with Gasteiger partial charge in [0.1, 0.15) is 5.82 Å². The second-order valence-electron chi connectivity index (χ2n) is 3.52. The zero-order valence-electron chi connectivity index (χ0n) is 9.31. The van der Waals surface area contributed by atoms with Crippen molar-refractivity contribution in [2.75, 3.05) is 10.5 Å². The number of hydrogen-bond acceptors (Lipinski definition) is 4. The van der Waals surface area contributed by atoms with E-state index in [2.05, 4.69) is 37.5 Å². The van der Waals surface area contributed by atoms with Crippen molar-refractivity contribution in [1.82, 2.24) is 14.6 Å². The smallest absolute Gasteiger partial charge is 0.232 e. The van der Waals surface area contributed by atoms with Crippen molar-refractivity contribution in [3.8, 4) is 0 Å². The number of anilines is 1. The molecule has 2 rings (SSSR count). The molecule has 8 heteroatoms. The molecule has 2 aromatic heterocycles. The summed E-state index contributed by atoms with van der Waals surface area (Å²) in [6, 6.07) is 1.73. The van der Waals surface area contributed by atoms with Crippen LogP contribution in [-0.4, -0.2) is 28.8 Å². The summed E-state index contributed by atoms with van der Waals surface area (Å²) in [5.41, 5.74) is 0.972. The fourth-order valence-corrected chi connectivity index (χ4v) is 2.60. The molecule has 0 aliphatic carbocycles. The fourth-order valence-electron chi connectivity index (χ4n) is 1.39. The third-order valence-electron chi connectivity index (χ3n) is 2.29. The Labute approximate surface area is 113 Å². The average Bonchev–Trinajstić information content (AvgIpc) is 2.60. The van der Waals surface area contributed by atoms with Gasteiger partial charge in [-0.05, 0) is 42.5 Å². The van der Waals surface area contributed by atoms with E-state index in [1.807, 2.05) is 13.1 Å². The van der Waals surface area contributed by atoms with Crippen LogP contribution in [0.2, 0.25) is 0 Å². The Balaban J connectivity index is 2.61. The highest BCUT2D eigenvalue weighted by Crippen LogP contribution is 2.20. The van der Waals surface area contributed by atoms with E-state index < -0.39 is 10.0 Å². The van der Waals surface area contributed by atoms with Gasteiger partial charge in [0.25, 0.3) is 0 Å². The third kappa shape index (κ3) is 2.51. The van der Waals surface area contributed by atoms with E-state index in [0.717, 1.165) is 9.39 Å². The quantitative estimate of drug-likeness (QED) is 0.834. The maximum atomic E-state index is 11.6. The minimum absolute atomic E-state index is 0.0255. The zero-order chi connectivity index (χ0) is 12.6. The second kappa shape index (κ2) is 4.41. The summed E-state index contributed by atoms with van der Waals surface area (Å²) in [7, 11) is -3.31. The Morgan fingerprint density at radius 1 is 1.47 bits per heavy atom. The Morgan fingerprint density at radius 2 is 2.18 bits per heavy atom. The molecule has 1 N–H and O–H groups in total. The first-order chi connectivity index (χ1) is 7.93. The van der Waals surface area contributed by atoms with Gasteiger partial charge in [0, 0.05) is 9.77 Å². The Hall–Kier alpha value is -0.900. The molecule has 0 unspecified atom stereocenters. The number of pyridine rings is 1. The fraction of sp³-hybridized carbons (Fsp3) is 0.333. The maximum absolute atomic E-state index is 11.6. The molecule has 2 heterocycles. The van der Waals surface area contributed by atoms with E-state index in [4.69, 9.17) is 0 Å². The number of fused-ring (bicyclic) bond motifs is 1. The number of sulfonamides is 1. The Morgan fingerprint density at radius 3 is 2.82 bits per heavy atom. The van der Waals surface area contributed by atoms with Crippen molar-refractivity contribution < 1.29 is 8.42 Å². The molecule has 0 aliphatic rings. The lowest BCUT2D eigenvalue weighted by Gasteiger charge is -2.07. The van der Waals surface area contributed by atoms with Crippen molar-refractivity contribution in [2.24, 2.45) is 0 Å². The Bertz CT molecular complexity index is 665. The predicted molar refractivity (Wildman–Crippen MR) is 73.5 cm³/mol. The number of nitrogens with zero attached hydrogens (tertiary/aromatic N) is 3. The molecule has 17 heavy (non-hydrogen) atoms. The van der Waals surface area contributed by atoms with E-state index in [-0.39, 0.29) is 5.75 Å². The number of aromatic nitrogens is 3. The topological polar surface area (TPSA) is 76.4 Å². The number of nitrogens with one attached hydrogen (secondary N) is 1. The van der Waals surface area contributed by atoms with Crippen molar-refractivity contribution in [3.05, 3.63) is 21.7 Å². The van der Waals surface area contributed by atoms with E-state index in [1.165, 1.54) is 0 Å². The minimum atomic E-state index is -3.31. The lowest BCUT2D eigenvalue weighted by atomic mass is 10.4. The lowest BCUT2D eigenvalue weighted by molar-refractivity contribution is 0.602. The predicted octanol–water partition coefficient (Wildman–Crippen LogP) is 1.40. The number of halogens is 1. The van der Waals surface area contributed by atoms with E-state index in [9.17, 15) is 8.42 Å². The van der Waals surface area contributed by atoms with Crippen LogP contribution in [0.3, 0.4) is 0 Å². The van der Waals surface area contributed by atoms with Crippen molar-refractivity contribution in [3.63, 3.8) is 0 Å². The SMILES string of the molecule is CCS(=O)(=O)Nc1cc(I)cn2c(C)nnc12. The molecule has 0 radical (unpaired) electrons. The van der Waals surface area contributed by atoms with Gasteiger partial charge in [-0.1, -0.05) is 0 Å². The van der Waals surface area contributed by atoms with Crippen LogP contribution in [0.25, 0.3) is 5.65 Å². The van der Waals surface area contributed by atoms with Crippen LogP contribution in [0.4, 0.5) is 5.69 Å². The largest absolute Gasteiger partial charge is 0.284 e. The van der Waals surface area contributed by atoms with Gasteiger partial charge in [0.15, 0.2) is 5.65 Å². The summed E-state index contributed by atoms with van der Waals surface area (Å²) in [5, 5.41) is 7.89. The summed E-state index contributed by atoms with van der Waals surface area (Å²) < 4.78 is 28.3. The van der Waals surface area contributed by atoms with E-state index in [1.54, 1.807) is 17.4 Å². The second-order valence-corrected chi connectivity index (χ2v) is 6.77. The van der Waals surface area contributed by atoms with Crippen molar-refractivity contribution in [2.45, 2.75) is 13.8 Å². The molecule has 0 fully saturated rings. The van der Waals surface area contributed by atoms with Crippen LogP contribution in [0.15, 0.2) is 12.3 Å². The molecule has 6 nitrogen and oxygen atoms in total. The summed E-state index contributed by atoms with van der Waals surface area (Å²) in [5.74, 6) is 0.744. The molecule has 0 bridgehead atoms. The van der Waals surface area contributed by atoms with Crippen molar-refractivity contribution >= 4 is 43.9 Å². The summed E-state index contributed by atoms with van der Waals surface area (Å²) in [6.07, 6.45) is 1.86. The van der Waals surface area contributed by atoms with Gasteiger partial charge in [-0.2, -0.15) is 0 Å². The maximum Gasteiger partial charge on any atom is 0.232 e. The lowest BCUT2D eigenvalue weighted by Crippen LogP contribution is -2.15. The number of aryl methyl sites for hydroxylation is 1. The molecular formula is C9H11IN4O2S. The highest BCUT2D eigenvalue weighted by atomic mass is 127. The molecule has 0 aromatic carbocycles. The number of hydrogen-bond donors (Lipinski definition) is 1. The normalized spacial score (nSPS) is 11.9. The first kappa shape index (κ1) is 12.6. The van der Waals surface area contributed by atoms with Gasteiger partial charge in [0.05, 0.1) is 11.4 Å². The molecule has 92 valence electrons. The third-order valence-corrected chi connectivity index (χ3v) is 4.17. The van der Waals surface area contributed by atoms with Gasteiger partial charge in [-0.3, -0.25) is 9.12 Å². The molecule has 0 atom stereocenters. The van der Waals surface area contributed by atoms with E-state index in [0.29, 0.717) is 11.3 Å². The van der Waals surface area contributed by atoms with Gasteiger partial charge >= 0.3 is 0 Å². The first-order valence-corrected chi connectivity index (χ1v) is 7.67. The summed E-state index contributed by atoms with van der Waals surface area (Å²) in [4.78, 5) is 0. The molecular weight excluding hydrogens is 355 g/mol. The van der Waals surface area contributed by atoms with Crippen LogP contribution in [0.1, 0.15) is 12.7 Å². The molecule has 2 aromatic rings. The average molecular weight is 366 g/mol.